The lowest BCUT2D eigenvalue weighted by molar-refractivity contribution is 0.0344. The second-order valence-electron chi connectivity index (χ2n) is 4.12. The first-order chi connectivity index (χ1) is 7.48. The average molecular weight is 222 g/mol. The Labute approximate surface area is 94.8 Å². The summed E-state index contributed by atoms with van der Waals surface area (Å²) in [6, 6.07) is 6.04. The van der Waals surface area contributed by atoms with Crippen LogP contribution in [0.3, 0.4) is 0 Å². The number of benzene rings is 1. The molecule has 0 amide bonds. The predicted molar refractivity (Wildman–Crippen MR) is 60.7 cm³/mol. The Bertz CT molecular complexity index is 410. The smallest absolute Gasteiger partial charge is 0.124 e. The van der Waals surface area contributed by atoms with Crippen molar-refractivity contribution in [3.8, 4) is 6.07 Å². The summed E-state index contributed by atoms with van der Waals surface area (Å²) in [4.78, 5) is 0. The van der Waals surface area contributed by atoms with E-state index in [-0.39, 0.29) is 5.60 Å². The van der Waals surface area contributed by atoms with Crippen LogP contribution in [-0.4, -0.2) is 19.3 Å². The predicted octanol–water partition coefficient (Wildman–Crippen LogP) is 2.53. The van der Waals surface area contributed by atoms with Gasteiger partial charge in [0.1, 0.15) is 11.9 Å². The van der Waals surface area contributed by atoms with Crippen molar-refractivity contribution < 1.29 is 9.13 Å². The van der Waals surface area contributed by atoms with Gasteiger partial charge in [-0.2, -0.15) is 5.26 Å². The molecule has 1 aromatic rings. The van der Waals surface area contributed by atoms with Crippen LogP contribution in [0.4, 0.5) is 10.1 Å². The monoisotopic (exact) mass is 222 g/mol. The normalized spacial score (nSPS) is 10.9. The summed E-state index contributed by atoms with van der Waals surface area (Å²) in [7, 11) is 1.62. The van der Waals surface area contributed by atoms with E-state index in [0.717, 1.165) is 0 Å². The van der Waals surface area contributed by atoms with Crippen LogP contribution >= 0.6 is 0 Å². The van der Waals surface area contributed by atoms with Gasteiger partial charge in [0, 0.05) is 13.7 Å². The van der Waals surface area contributed by atoms with Crippen molar-refractivity contribution in [3.63, 3.8) is 0 Å². The van der Waals surface area contributed by atoms with Gasteiger partial charge in [0.15, 0.2) is 0 Å². The quantitative estimate of drug-likeness (QED) is 0.851. The number of halogens is 1. The standard InChI is InChI=1S/C12H15FN2O/c1-12(2,16-3)8-15-11-5-4-10(13)6-9(11)7-14/h4-6,15H,8H2,1-3H3. The molecular weight excluding hydrogens is 207 g/mol. The Morgan fingerprint density at radius 3 is 2.75 bits per heavy atom. The highest BCUT2D eigenvalue weighted by Crippen LogP contribution is 2.17. The largest absolute Gasteiger partial charge is 0.381 e. The molecule has 1 N–H and O–H groups in total. The second kappa shape index (κ2) is 4.95. The SMILES string of the molecule is COC(C)(C)CNc1ccc(F)cc1C#N. The molecule has 0 aromatic heterocycles. The number of nitrogens with zero attached hydrogens (tertiary/aromatic N) is 1. The molecule has 0 aliphatic rings. The molecule has 1 aromatic carbocycles. The molecule has 1 rings (SSSR count). The van der Waals surface area contributed by atoms with Crippen LogP contribution < -0.4 is 5.32 Å². The van der Waals surface area contributed by atoms with Gasteiger partial charge in [-0.1, -0.05) is 0 Å². The van der Waals surface area contributed by atoms with Crippen LogP contribution in [0.15, 0.2) is 18.2 Å². The fourth-order valence-electron chi connectivity index (χ4n) is 1.14. The molecule has 0 unspecified atom stereocenters. The highest BCUT2D eigenvalue weighted by atomic mass is 19.1. The summed E-state index contributed by atoms with van der Waals surface area (Å²) in [5, 5.41) is 11.9. The van der Waals surface area contributed by atoms with E-state index >= 15 is 0 Å². The Balaban J connectivity index is 2.79. The Morgan fingerprint density at radius 1 is 1.50 bits per heavy atom. The van der Waals surface area contributed by atoms with Gasteiger partial charge in [-0.25, -0.2) is 4.39 Å². The van der Waals surface area contributed by atoms with E-state index in [9.17, 15) is 4.39 Å². The maximum atomic E-state index is 12.9. The molecular formula is C12H15FN2O. The van der Waals surface area contributed by atoms with Gasteiger partial charge in [0.2, 0.25) is 0 Å². The Morgan fingerprint density at radius 2 is 2.19 bits per heavy atom. The van der Waals surface area contributed by atoms with Crippen molar-refractivity contribution in [2.75, 3.05) is 19.0 Å². The number of nitriles is 1. The fraction of sp³-hybridized carbons (Fsp3) is 0.417. The van der Waals surface area contributed by atoms with Gasteiger partial charge >= 0.3 is 0 Å². The number of anilines is 1. The molecule has 0 aliphatic heterocycles. The summed E-state index contributed by atoms with van der Waals surface area (Å²) in [6.45, 7) is 4.40. The third-order valence-electron chi connectivity index (χ3n) is 2.36. The Kier molecular flexibility index (Phi) is 3.86. The summed E-state index contributed by atoms with van der Waals surface area (Å²) in [5.41, 5.74) is 0.585. The molecule has 0 saturated heterocycles. The van der Waals surface area contributed by atoms with Crippen molar-refractivity contribution in [1.82, 2.24) is 0 Å². The first-order valence-electron chi connectivity index (χ1n) is 4.97. The van der Waals surface area contributed by atoms with Crippen LogP contribution in [0.1, 0.15) is 19.4 Å². The summed E-state index contributed by atoms with van der Waals surface area (Å²) >= 11 is 0. The van der Waals surface area contributed by atoms with E-state index in [1.807, 2.05) is 19.9 Å². The van der Waals surface area contributed by atoms with Gasteiger partial charge in [0.25, 0.3) is 0 Å². The van der Waals surface area contributed by atoms with Gasteiger partial charge in [-0.05, 0) is 32.0 Å². The molecule has 0 spiro atoms. The minimum Gasteiger partial charge on any atom is -0.381 e. The minimum absolute atomic E-state index is 0.298. The molecule has 0 heterocycles. The van der Waals surface area contributed by atoms with Gasteiger partial charge < -0.3 is 10.1 Å². The van der Waals surface area contributed by atoms with Crippen LogP contribution in [0.2, 0.25) is 0 Å². The highest BCUT2D eigenvalue weighted by molar-refractivity contribution is 5.57. The van der Waals surface area contributed by atoms with Crippen LogP contribution in [0, 0.1) is 17.1 Å². The maximum absolute atomic E-state index is 12.9. The first-order valence-corrected chi connectivity index (χ1v) is 4.97. The number of hydrogen-bond donors (Lipinski definition) is 1. The highest BCUT2D eigenvalue weighted by Gasteiger charge is 2.16. The van der Waals surface area contributed by atoms with E-state index in [2.05, 4.69) is 5.32 Å². The van der Waals surface area contributed by atoms with Gasteiger partial charge in [0.05, 0.1) is 16.9 Å². The fourth-order valence-corrected chi connectivity index (χ4v) is 1.14. The maximum Gasteiger partial charge on any atom is 0.124 e. The van der Waals surface area contributed by atoms with Crippen molar-refractivity contribution in [1.29, 1.82) is 5.26 Å². The lowest BCUT2D eigenvalue weighted by Gasteiger charge is -2.24. The van der Waals surface area contributed by atoms with Gasteiger partial charge in [-0.15, -0.1) is 0 Å². The molecule has 0 atom stereocenters. The van der Waals surface area contributed by atoms with Crippen molar-refractivity contribution >= 4 is 5.69 Å². The van der Waals surface area contributed by atoms with Crippen LogP contribution in [0.25, 0.3) is 0 Å². The van der Waals surface area contributed by atoms with E-state index in [1.165, 1.54) is 12.1 Å². The molecule has 0 fully saturated rings. The number of hydrogen-bond acceptors (Lipinski definition) is 3. The van der Waals surface area contributed by atoms with Crippen molar-refractivity contribution in [3.05, 3.63) is 29.6 Å². The second-order valence-corrected chi connectivity index (χ2v) is 4.12. The molecule has 16 heavy (non-hydrogen) atoms. The topological polar surface area (TPSA) is 45.0 Å². The average Bonchev–Trinajstić information content (AvgIpc) is 2.27. The molecule has 0 bridgehead atoms. The van der Waals surface area contributed by atoms with Crippen molar-refractivity contribution in [2.45, 2.75) is 19.4 Å². The Hall–Kier alpha value is -1.60. The summed E-state index contributed by atoms with van der Waals surface area (Å²) in [5.74, 6) is -0.409. The third-order valence-corrected chi connectivity index (χ3v) is 2.36. The van der Waals surface area contributed by atoms with Crippen LogP contribution in [-0.2, 0) is 4.74 Å². The third kappa shape index (κ3) is 3.21. The molecule has 0 aliphatic carbocycles. The van der Waals surface area contributed by atoms with Crippen molar-refractivity contribution in [2.24, 2.45) is 0 Å². The number of ether oxygens (including phenoxy) is 1. The number of nitrogens with one attached hydrogen (secondary N) is 1. The first kappa shape index (κ1) is 12.5. The van der Waals surface area contributed by atoms with E-state index in [0.29, 0.717) is 17.8 Å². The summed E-state index contributed by atoms with van der Waals surface area (Å²) in [6.07, 6.45) is 0. The molecule has 0 saturated carbocycles. The summed E-state index contributed by atoms with van der Waals surface area (Å²) < 4.78 is 18.1. The minimum atomic E-state index is -0.409. The zero-order valence-corrected chi connectivity index (χ0v) is 9.67. The molecule has 86 valence electrons. The lowest BCUT2D eigenvalue weighted by atomic mass is 10.1. The lowest BCUT2D eigenvalue weighted by Crippen LogP contribution is -2.32. The molecule has 0 radical (unpaired) electrons. The van der Waals surface area contributed by atoms with Crippen LogP contribution in [0.5, 0.6) is 0 Å². The number of methoxy groups -OCH3 is 1. The molecule has 3 nitrogen and oxygen atoms in total. The van der Waals surface area contributed by atoms with E-state index in [1.54, 1.807) is 13.2 Å². The van der Waals surface area contributed by atoms with Gasteiger partial charge in [-0.3, -0.25) is 0 Å². The van der Waals surface area contributed by atoms with E-state index in [4.69, 9.17) is 10.00 Å². The number of rotatable bonds is 4. The molecule has 4 heteroatoms. The zero-order valence-electron chi connectivity index (χ0n) is 9.67. The zero-order chi connectivity index (χ0) is 12.2. The van der Waals surface area contributed by atoms with E-state index < -0.39 is 5.82 Å².